The number of nitrogens with zero attached hydrogens (tertiary/aromatic N) is 4. The molecule has 0 unspecified atom stereocenters. The predicted octanol–water partition coefficient (Wildman–Crippen LogP) is -1.21. The molecule has 1 saturated carbocycles. The van der Waals surface area contributed by atoms with Gasteiger partial charge in [-0.15, -0.1) is 0 Å². The summed E-state index contributed by atoms with van der Waals surface area (Å²) in [6.45, 7) is 6.54. The van der Waals surface area contributed by atoms with E-state index in [2.05, 4.69) is 4.98 Å². The molecule has 1 amide bonds. The summed E-state index contributed by atoms with van der Waals surface area (Å²) in [4.78, 5) is 17.5. The summed E-state index contributed by atoms with van der Waals surface area (Å²) in [6.07, 6.45) is 3.60. The Labute approximate surface area is 151 Å². The second-order valence-electron chi connectivity index (χ2n) is 8.21. The highest BCUT2D eigenvalue weighted by atomic mass is 16.2. The molecule has 3 heterocycles. The molecule has 1 aliphatic heterocycles. The molecule has 0 spiro atoms. The molecule has 9 nitrogen and oxygen atoms in total. The predicted molar refractivity (Wildman–Crippen MR) is 97.1 cm³/mol. The lowest BCUT2D eigenvalue weighted by molar-refractivity contribution is -0.140. The summed E-state index contributed by atoms with van der Waals surface area (Å²) < 4.78 is 1.95. The maximum Gasteiger partial charge on any atom is 0.244 e. The van der Waals surface area contributed by atoms with Gasteiger partial charge in [0.25, 0.3) is 0 Å². The number of rotatable bonds is 3. The van der Waals surface area contributed by atoms with Crippen LogP contribution in [0.15, 0.2) is 24.5 Å². The molecule has 2 fully saturated rings. The lowest BCUT2D eigenvalue weighted by atomic mass is 9.96. The first-order chi connectivity index (χ1) is 12.0. The number of hydrazine groups is 2. The average molecular weight is 358 g/mol. The molecule has 8 N–H and O–H groups in total. The quantitative estimate of drug-likeness (QED) is 0.306. The zero-order valence-corrected chi connectivity index (χ0v) is 15.3. The van der Waals surface area contributed by atoms with E-state index in [1.807, 2.05) is 43.5 Å². The Bertz CT molecular complexity index is 889. The van der Waals surface area contributed by atoms with Crippen LogP contribution in [0.5, 0.6) is 0 Å². The SMILES string of the molecule is Cc1ccc(C(C)(C)N(N)C(=O)[C@H]2[C@]3(N)CN(N)C[C@]23N)n2ccnc12. The van der Waals surface area contributed by atoms with Crippen LogP contribution in [0.25, 0.3) is 5.65 Å². The first-order valence-corrected chi connectivity index (χ1v) is 8.63. The molecule has 4 rings (SSSR count). The Kier molecular flexibility index (Phi) is 3.36. The highest BCUT2D eigenvalue weighted by Gasteiger charge is 2.80. The lowest BCUT2D eigenvalue weighted by Gasteiger charge is -2.36. The van der Waals surface area contributed by atoms with Crippen LogP contribution in [0.3, 0.4) is 0 Å². The summed E-state index contributed by atoms with van der Waals surface area (Å²) in [5.41, 5.74) is 13.0. The number of amides is 1. The highest BCUT2D eigenvalue weighted by molar-refractivity contribution is 5.88. The molecule has 0 aromatic carbocycles. The van der Waals surface area contributed by atoms with Gasteiger partial charge in [0.05, 0.1) is 28.2 Å². The molecule has 2 aromatic rings. The van der Waals surface area contributed by atoms with Gasteiger partial charge >= 0.3 is 0 Å². The number of carbonyl (C=O) groups is 1. The van der Waals surface area contributed by atoms with Gasteiger partial charge in [-0.25, -0.2) is 15.8 Å². The standard InChI is InChI=1S/C17H26N8O/c1-10-4-5-11(24-7-6-22-13(10)24)15(2,3)25(21)14(26)12-16(18)8-23(20)9-17(12,16)19/h4-7,12H,8-9,18-21H2,1-3H3/t12-,16+,17-. The fourth-order valence-electron chi connectivity index (χ4n) is 4.48. The van der Waals surface area contributed by atoms with Gasteiger partial charge in [0.1, 0.15) is 5.65 Å². The van der Waals surface area contributed by atoms with Gasteiger partial charge in [0, 0.05) is 25.5 Å². The van der Waals surface area contributed by atoms with Crippen LogP contribution >= 0.6 is 0 Å². The highest BCUT2D eigenvalue weighted by Crippen LogP contribution is 2.56. The molecule has 9 heteroatoms. The van der Waals surface area contributed by atoms with Crippen LogP contribution in [-0.2, 0) is 10.3 Å². The summed E-state index contributed by atoms with van der Waals surface area (Å²) in [5, 5.41) is 2.81. The van der Waals surface area contributed by atoms with Gasteiger partial charge in [-0.1, -0.05) is 6.07 Å². The fraction of sp³-hybridized carbons (Fsp3) is 0.529. The van der Waals surface area contributed by atoms with E-state index in [1.165, 1.54) is 5.01 Å². The second kappa shape index (κ2) is 5.02. The number of carbonyl (C=O) groups excluding carboxylic acids is 1. The van der Waals surface area contributed by atoms with Gasteiger partial charge in [0.2, 0.25) is 5.91 Å². The number of nitrogens with two attached hydrogens (primary N) is 4. The number of hydrogen-bond acceptors (Lipinski definition) is 7. The Morgan fingerprint density at radius 3 is 2.54 bits per heavy atom. The van der Waals surface area contributed by atoms with Crippen LogP contribution in [-0.4, -0.2) is 49.5 Å². The summed E-state index contributed by atoms with van der Waals surface area (Å²) in [5.74, 6) is 11.3. The number of imidazole rings is 1. The molecule has 2 aliphatic rings. The maximum atomic E-state index is 13.2. The van der Waals surface area contributed by atoms with Crippen molar-refractivity contribution < 1.29 is 4.79 Å². The van der Waals surface area contributed by atoms with E-state index < -0.39 is 22.5 Å². The van der Waals surface area contributed by atoms with Crippen LogP contribution in [0.1, 0.15) is 25.1 Å². The number of piperidine rings is 1. The fourth-order valence-corrected chi connectivity index (χ4v) is 4.48. The molecular weight excluding hydrogens is 332 g/mol. The van der Waals surface area contributed by atoms with Crippen LogP contribution in [0.4, 0.5) is 0 Å². The monoisotopic (exact) mass is 358 g/mol. The van der Waals surface area contributed by atoms with Crippen molar-refractivity contribution >= 4 is 11.6 Å². The van der Waals surface area contributed by atoms with Crippen molar-refractivity contribution in [1.82, 2.24) is 19.4 Å². The number of hydrogen-bond donors (Lipinski definition) is 4. The third-order valence-corrected chi connectivity index (χ3v) is 6.20. The van der Waals surface area contributed by atoms with E-state index >= 15 is 0 Å². The molecule has 26 heavy (non-hydrogen) atoms. The van der Waals surface area contributed by atoms with Crippen molar-refractivity contribution in [3.05, 3.63) is 35.8 Å². The van der Waals surface area contributed by atoms with Gasteiger partial charge in [0.15, 0.2) is 0 Å². The van der Waals surface area contributed by atoms with E-state index in [0.717, 1.165) is 16.9 Å². The van der Waals surface area contributed by atoms with E-state index in [4.69, 9.17) is 23.2 Å². The third kappa shape index (κ3) is 1.97. The first-order valence-electron chi connectivity index (χ1n) is 8.63. The number of aryl methyl sites for hydroxylation is 1. The summed E-state index contributed by atoms with van der Waals surface area (Å²) >= 11 is 0. The lowest BCUT2D eigenvalue weighted by Crippen LogP contribution is -2.54. The molecule has 1 aliphatic carbocycles. The second-order valence-corrected chi connectivity index (χ2v) is 8.21. The molecule has 0 bridgehead atoms. The van der Waals surface area contributed by atoms with Crippen molar-refractivity contribution in [3.63, 3.8) is 0 Å². The van der Waals surface area contributed by atoms with E-state index in [1.54, 1.807) is 11.2 Å². The molecule has 2 aromatic heterocycles. The van der Waals surface area contributed by atoms with E-state index in [9.17, 15) is 4.79 Å². The van der Waals surface area contributed by atoms with Gasteiger partial charge < -0.3 is 15.9 Å². The minimum absolute atomic E-state index is 0.262. The minimum atomic E-state index is -0.829. The van der Waals surface area contributed by atoms with Crippen LogP contribution in [0.2, 0.25) is 0 Å². The van der Waals surface area contributed by atoms with Gasteiger partial charge in [-0.3, -0.25) is 15.6 Å². The molecule has 0 radical (unpaired) electrons. The van der Waals surface area contributed by atoms with Crippen LogP contribution in [0, 0.1) is 12.8 Å². The number of fused-ring (bicyclic) bond motifs is 2. The molecule has 1 saturated heterocycles. The number of aromatic nitrogens is 2. The first kappa shape index (κ1) is 17.4. The Morgan fingerprint density at radius 1 is 1.31 bits per heavy atom. The molecule has 3 atom stereocenters. The van der Waals surface area contributed by atoms with E-state index in [0.29, 0.717) is 13.1 Å². The third-order valence-electron chi connectivity index (χ3n) is 6.20. The Morgan fingerprint density at radius 2 is 1.92 bits per heavy atom. The van der Waals surface area contributed by atoms with E-state index in [-0.39, 0.29) is 5.91 Å². The van der Waals surface area contributed by atoms with Crippen molar-refractivity contribution in [2.24, 2.45) is 29.1 Å². The zero-order valence-electron chi connectivity index (χ0n) is 15.3. The number of pyridine rings is 1. The Hall–Kier alpha value is -2.04. The smallest absolute Gasteiger partial charge is 0.244 e. The maximum absolute atomic E-state index is 13.2. The minimum Gasteiger partial charge on any atom is -0.322 e. The zero-order chi connectivity index (χ0) is 19.1. The summed E-state index contributed by atoms with van der Waals surface area (Å²) in [7, 11) is 0. The topological polar surface area (TPSA) is 145 Å². The van der Waals surface area contributed by atoms with Crippen molar-refractivity contribution in [3.8, 4) is 0 Å². The van der Waals surface area contributed by atoms with Crippen molar-refractivity contribution in [2.45, 2.75) is 37.4 Å². The van der Waals surface area contributed by atoms with Crippen molar-refractivity contribution in [1.29, 1.82) is 0 Å². The summed E-state index contributed by atoms with van der Waals surface area (Å²) in [6, 6.07) is 3.94. The molecule has 140 valence electrons. The largest absolute Gasteiger partial charge is 0.322 e. The average Bonchev–Trinajstić information content (AvgIpc) is 2.92. The van der Waals surface area contributed by atoms with Gasteiger partial charge in [-0.05, 0) is 32.4 Å². The Balaban J connectivity index is 1.67. The molecular formula is C17H26N8O. The van der Waals surface area contributed by atoms with Crippen molar-refractivity contribution in [2.75, 3.05) is 13.1 Å². The van der Waals surface area contributed by atoms with Crippen LogP contribution < -0.4 is 23.2 Å². The van der Waals surface area contributed by atoms with Gasteiger partial charge in [-0.2, -0.15) is 0 Å². The normalized spacial score (nSPS) is 31.3.